The number of ether oxygens (including phenoxy) is 1. The third kappa shape index (κ3) is 8.97. The summed E-state index contributed by atoms with van der Waals surface area (Å²) in [6.45, 7) is 12.9. The van der Waals surface area contributed by atoms with Crippen LogP contribution in [-0.4, -0.2) is 93.2 Å². The van der Waals surface area contributed by atoms with Gasteiger partial charge in [-0.05, 0) is 13.0 Å². The van der Waals surface area contributed by atoms with E-state index in [2.05, 4.69) is 46.7 Å². The SMILES string of the molecule is CN(C)C(=O)CN=C(NCCCN1CCOCC1)NCCc1csc(C(C)(C)C)n1. The standard InChI is InChI=1S/C21H38N6O2S/c1-21(2,3)19-25-17(16-30-19)7-9-23-20(24-15-18(28)26(4)5)22-8-6-10-27-11-13-29-14-12-27/h16H,6-15H2,1-5H3,(H2,22,23,24). The maximum absolute atomic E-state index is 11.9. The fourth-order valence-corrected chi connectivity index (χ4v) is 3.81. The lowest BCUT2D eigenvalue weighted by Crippen LogP contribution is -2.42. The summed E-state index contributed by atoms with van der Waals surface area (Å²) >= 11 is 1.71. The highest BCUT2D eigenvalue weighted by molar-refractivity contribution is 7.09. The monoisotopic (exact) mass is 438 g/mol. The van der Waals surface area contributed by atoms with Gasteiger partial charge >= 0.3 is 0 Å². The van der Waals surface area contributed by atoms with E-state index in [4.69, 9.17) is 9.72 Å². The van der Waals surface area contributed by atoms with Crippen LogP contribution in [-0.2, 0) is 21.4 Å². The van der Waals surface area contributed by atoms with Crippen LogP contribution < -0.4 is 10.6 Å². The number of aromatic nitrogens is 1. The van der Waals surface area contributed by atoms with Gasteiger partial charge < -0.3 is 20.3 Å². The summed E-state index contributed by atoms with van der Waals surface area (Å²) in [6, 6.07) is 0. The van der Waals surface area contributed by atoms with Gasteiger partial charge in [-0.15, -0.1) is 11.3 Å². The lowest BCUT2D eigenvalue weighted by molar-refractivity contribution is -0.127. The minimum atomic E-state index is -0.0151. The maximum atomic E-state index is 11.9. The summed E-state index contributed by atoms with van der Waals surface area (Å²) in [5.41, 5.74) is 1.17. The molecule has 0 aliphatic carbocycles. The Balaban J connectivity index is 1.80. The van der Waals surface area contributed by atoms with Gasteiger partial charge in [0.1, 0.15) is 6.54 Å². The van der Waals surface area contributed by atoms with E-state index in [9.17, 15) is 4.79 Å². The fraction of sp³-hybridized carbons (Fsp3) is 0.762. The molecule has 0 bridgehead atoms. The van der Waals surface area contributed by atoms with Crippen molar-refractivity contribution in [2.24, 2.45) is 4.99 Å². The van der Waals surface area contributed by atoms with E-state index < -0.39 is 0 Å². The van der Waals surface area contributed by atoms with Crippen LogP contribution in [0.4, 0.5) is 0 Å². The summed E-state index contributed by atoms with van der Waals surface area (Å²) in [7, 11) is 3.49. The zero-order valence-corrected chi connectivity index (χ0v) is 20.0. The number of nitrogens with one attached hydrogen (secondary N) is 2. The molecule has 30 heavy (non-hydrogen) atoms. The van der Waals surface area contributed by atoms with Gasteiger partial charge in [-0.1, -0.05) is 20.8 Å². The van der Waals surface area contributed by atoms with Crippen LogP contribution in [0.25, 0.3) is 0 Å². The van der Waals surface area contributed by atoms with Crippen LogP contribution in [0.15, 0.2) is 10.4 Å². The number of thiazole rings is 1. The summed E-state index contributed by atoms with van der Waals surface area (Å²) in [5, 5.41) is 10.00. The fourth-order valence-electron chi connectivity index (χ4n) is 2.87. The Bertz CT molecular complexity index is 677. The number of likely N-dealkylation sites (N-methyl/N-ethyl adjacent to an activating group) is 1. The molecule has 1 saturated heterocycles. The molecule has 2 rings (SSSR count). The second-order valence-corrected chi connectivity index (χ2v) is 9.62. The predicted octanol–water partition coefficient (Wildman–Crippen LogP) is 1.33. The lowest BCUT2D eigenvalue weighted by Gasteiger charge is -2.26. The van der Waals surface area contributed by atoms with E-state index in [1.165, 1.54) is 0 Å². The molecule has 1 aliphatic rings. The number of carbonyl (C=O) groups excluding carboxylic acids is 1. The van der Waals surface area contributed by atoms with Crippen molar-refractivity contribution in [1.29, 1.82) is 0 Å². The Kier molecular flexibility index (Phi) is 10.0. The molecule has 1 aromatic rings. The molecule has 170 valence electrons. The minimum Gasteiger partial charge on any atom is -0.379 e. The summed E-state index contributed by atoms with van der Waals surface area (Å²) < 4.78 is 5.39. The van der Waals surface area contributed by atoms with Gasteiger partial charge in [0, 0.05) is 57.5 Å². The zero-order chi connectivity index (χ0) is 22.0. The van der Waals surface area contributed by atoms with E-state index in [1.807, 2.05) is 0 Å². The van der Waals surface area contributed by atoms with Gasteiger partial charge in [-0.2, -0.15) is 0 Å². The molecule has 0 saturated carbocycles. The highest BCUT2D eigenvalue weighted by Crippen LogP contribution is 2.25. The molecule has 8 nitrogen and oxygen atoms in total. The van der Waals surface area contributed by atoms with Gasteiger partial charge in [0.05, 0.1) is 23.9 Å². The molecule has 2 N–H and O–H groups in total. The summed E-state index contributed by atoms with van der Waals surface area (Å²) in [5.74, 6) is 0.664. The van der Waals surface area contributed by atoms with Gasteiger partial charge in [-0.3, -0.25) is 9.69 Å². The molecule has 1 amide bonds. The number of amides is 1. The zero-order valence-electron chi connectivity index (χ0n) is 19.2. The molecule has 1 fully saturated rings. The van der Waals surface area contributed by atoms with Crippen LogP contribution in [0, 0.1) is 0 Å². The molecule has 0 spiro atoms. The van der Waals surface area contributed by atoms with E-state index in [-0.39, 0.29) is 17.9 Å². The Morgan fingerprint density at radius 1 is 1.27 bits per heavy atom. The summed E-state index contributed by atoms with van der Waals surface area (Å²) in [6.07, 6.45) is 1.84. The molecule has 9 heteroatoms. The molecular formula is C21H38N6O2S. The Hall–Kier alpha value is -1.71. The van der Waals surface area contributed by atoms with Crippen LogP contribution >= 0.6 is 11.3 Å². The quantitative estimate of drug-likeness (QED) is 0.344. The van der Waals surface area contributed by atoms with Crippen molar-refractivity contribution in [1.82, 2.24) is 25.4 Å². The maximum Gasteiger partial charge on any atom is 0.243 e. The van der Waals surface area contributed by atoms with E-state index in [1.54, 1.807) is 30.3 Å². The molecular weight excluding hydrogens is 400 g/mol. The molecule has 2 heterocycles. The van der Waals surface area contributed by atoms with E-state index in [0.717, 1.165) is 69.5 Å². The third-order valence-corrected chi connectivity index (χ3v) is 6.10. The molecule has 1 aliphatic heterocycles. The van der Waals surface area contributed by atoms with Crippen molar-refractivity contribution in [3.8, 4) is 0 Å². The number of rotatable bonds is 9. The second-order valence-electron chi connectivity index (χ2n) is 8.76. The molecule has 0 aromatic carbocycles. The smallest absolute Gasteiger partial charge is 0.243 e. The number of hydrogen-bond donors (Lipinski definition) is 2. The lowest BCUT2D eigenvalue weighted by atomic mass is 9.98. The predicted molar refractivity (Wildman–Crippen MR) is 123 cm³/mol. The van der Waals surface area contributed by atoms with Crippen LogP contribution in [0.2, 0.25) is 0 Å². The van der Waals surface area contributed by atoms with Gasteiger partial charge in [0.2, 0.25) is 5.91 Å². The minimum absolute atomic E-state index is 0.0151. The van der Waals surface area contributed by atoms with Crippen LogP contribution in [0.1, 0.15) is 37.9 Å². The van der Waals surface area contributed by atoms with Gasteiger partial charge in [-0.25, -0.2) is 9.98 Å². The number of guanidine groups is 1. The number of morpholine rings is 1. The van der Waals surface area contributed by atoms with Crippen molar-refractivity contribution >= 4 is 23.2 Å². The number of nitrogens with zero attached hydrogens (tertiary/aromatic N) is 4. The first-order valence-corrected chi connectivity index (χ1v) is 11.6. The molecule has 1 aromatic heterocycles. The molecule has 0 radical (unpaired) electrons. The van der Waals surface area contributed by atoms with Crippen molar-refractivity contribution in [2.45, 2.75) is 39.0 Å². The van der Waals surface area contributed by atoms with Crippen LogP contribution in [0.3, 0.4) is 0 Å². The van der Waals surface area contributed by atoms with Gasteiger partial charge in [0.25, 0.3) is 0 Å². The normalized spacial score (nSPS) is 15.8. The first kappa shape index (κ1) is 24.6. The Morgan fingerprint density at radius 2 is 1.97 bits per heavy atom. The highest BCUT2D eigenvalue weighted by atomic mass is 32.1. The van der Waals surface area contributed by atoms with Crippen molar-refractivity contribution in [2.75, 3.05) is 66.6 Å². The highest BCUT2D eigenvalue weighted by Gasteiger charge is 2.17. The average molecular weight is 439 g/mol. The van der Waals surface area contributed by atoms with Gasteiger partial charge in [0.15, 0.2) is 5.96 Å². The van der Waals surface area contributed by atoms with E-state index >= 15 is 0 Å². The topological polar surface area (TPSA) is 82.1 Å². The molecule has 0 atom stereocenters. The molecule has 0 unspecified atom stereocenters. The van der Waals surface area contributed by atoms with Crippen molar-refractivity contribution in [3.63, 3.8) is 0 Å². The largest absolute Gasteiger partial charge is 0.379 e. The number of hydrogen-bond acceptors (Lipinski definition) is 6. The Labute approximate surface area is 185 Å². The van der Waals surface area contributed by atoms with E-state index in [0.29, 0.717) is 5.96 Å². The average Bonchev–Trinajstić information content (AvgIpc) is 3.18. The number of aliphatic imine (C=N–C) groups is 1. The second kappa shape index (κ2) is 12.2. The Morgan fingerprint density at radius 3 is 2.60 bits per heavy atom. The summed E-state index contributed by atoms with van der Waals surface area (Å²) in [4.78, 5) is 25.1. The first-order valence-electron chi connectivity index (χ1n) is 10.7. The van der Waals surface area contributed by atoms with Crippen LogP contribution in [0.5, 0.6) is 0 Å². The first-order chi connectivity index (χ1) is 14.3. The van der Waals surface area contributed by atoms with Crippen molar-refractivity contribution < 1.29 is 9.53 Å². The third-order valence-electron chi connectivity index (χ3n) is 4.79. The van der Waals surface area contributed by atoms with Crippen molar-refractivity contribution in [3.05, 3.63) is 16.1 Å². The number of carbonyl (C=O) groups is 1.